The summed E-state index contributed by atoms with van der Waals surface area (Å²) in [6, 6.07) is 0. The second-order valence-electron chi connectivity index (χ2n) is 5.55. The molecule has 17 heavy (non-hydrogen) atoms. The Morgan fingerprint density at radius 1 is 1.24 bits per heavy atom. The summed E-state index contributed by atoms with van der Waals surface area (Å²) in [4.78, 5) is 14.0. The minimum atomic E-state index is 0.210. The first-order valence-corrected chi connectivity index (χ1v) is 6.91. The van der Waals surface area contributed by atoms with Crippen LogP contribution < -0.4 is 10.6 Å². The molecule has 0 bridgehead atoms. The Morgan fingerprint density at radius 2 is 2.06 bits per heavy atom. The van der Waals surface area contributed by atoms with Crippen LogP contribution in [0.3, 0.4) is 0 Å². The van der Waals surface area contributed by atoms with Crippen molar-refractivity contribution >= 4 is 5.91 Å². The van der Waals surface area contributed by atoms with Crippen LogP contribution in [0, 0.1) is 11.8 Å². The highest BCUT2D eigenvalue weighted by Crippen LogP contribution is 2.27. The zero-order valence-electron chi connectivity index (χ0n) is 10.9. The molecule has 1 unspecified atom stereocenters. The third-order valence-electron chi connectivity index (χ3n) is 3.75. The summed E-state index contributed by atoms with van der Waals surface area (Å²) in [5.41, 5.74) is 0. The molecule has 1 saturated carbocycles. The summed E-state index contributed by atoms with van der Waals surface area (Å²) >= 11 is 0. The Morgan fingerprint density at radius 3 is 2.76 bits per heavy atom. The monoisotopic (exact) mass is 239 g/mol. The first kappa shape index (κ1) is 12.8. The number of likely N-dealkylation sites (tertiary alicyclic amines) is 1. The molecule has 1 aliphatic heterocycles. The number of rotatable bonds is 6. The first-order valence-electron chi connectivity index (χ1n) is 6.91. The minimum absolute atomic E-state index is 0.210. The highest BCUT2D eigenvalue weighted by Gasteiger charge is 2.23. The quantitative estimate of drug-likeness (QED) is 0.707. The summed E-state index contributed by atoms with van der Waals surface area (Å²) in [6.45, 7) is 4.70. The summed E-state index contributed by atoms with van der Waals surface area (Å²) < 4.78 is 0. The van der Waals surface area contributed by atoms with Gasteiger partial charge in [-0.05, 0) is 57.7 Å². The van der Waals surface area contributed by atoms with Gasteiger partial charge in [-0.3, -0.25) is 9.69 Å². The van der Waals surface area contributed by atoms with Gasteiger partial charge in [0.25, 0.3) is 0 Å². The van der Waals surface area contributed by atoms with Crippen molar-refractivity contribution in [3.05, 3.63) is 0 Å². The fourth-order valence-electron chi connectivity index (χ4n) is 2.59. The zero-order valence-corrected chi connectivity index (χ0v) is 10.9. The lowest BCUT2D eigenvalue weighted by Gasteiger charge is -2.32. The molecule has 0 aromatic heterocycles. The Bertz CT molecular complexity index is 251. The van der Waals surface area contributed by atoms with Gasteiger partial charge in [-0.2, -0.15) is 0 Å². The molecule has 0 aromatic carbocycles. The third-order valence-corrected chi connectivity index (χ3v) is 3.75. The molecule has 0 spiro atoms. The van der Waals surface area contributed by atoms with Crippen LogP contribution in [0.1, 0.15) is 25.7 Å². The Kier molecular flexibility index (Phi) is 4.80. The van der Waals surface area contributed by atoms with Crippen LogP contribution >= 0.6 is 0 Å². The third kappa shape index (κ3) is 4.64. The van der Waals surface area contributed by atoms with Crippen LogP contribution in [0.2, 0.25) is 0 Å². The molecule has 2 fully saturated rings. The molecule has 0 aromatic rings. The van der Waals surface area contributed by atoms with Crippen molar-refractivity contribution < 1.29 is 4.79 Å². The lowest BCUT2D eigenvalue weighted by Crippen LogP contribution is -2.44. The van der Waals surface area contributed by atoms with E-state index in [9.17, 15) is 4.79 Å². The van der Waals surface area contributed by atoms with Crippen molar-refractivity contribution in [2.45, 2.75) is 25.7 Å². The lowest BCUT2D eigenvalue weighted by molar-refractivity contribution is -0.122. The van der Waals surface area contributed by atoms with Crippen molar-refractivity contribution in [3.63, 3.8) is 0 Å². The predicted molar refractivity (Wildman–Crippen MR) is 68.8 cm³/mol. The molecule has 1 aliphatic carbocycles. The maximum Gasteiger partial charge on any atom is 0.234 e. The summed E-state index contributed by atoms with van der Waals surface area (Å²) in [6.07, 6.45) is 5.12. The van der Waals surface area contributed by atoms with Gasteiger partial charge in [-0.15, -0.1) is 0 Å². The maximum absolute atomic E-state index is 11.7. The smallest absolute Gasteiger partial charge is 0.234 e. The average molecular weight is 239 g/mol. The van der Waals surface area contributed by atoms with Crippen LogP contribution in [-0.4, -0.2) is 50.6 Å². The molecule has 4 heteroatoms. The molecule has 98 valence electrons. The van der Waals surface area contributed by atoms with E-state index >= 15 is 0 Å². The minimum Gasteiger partial charge on any atom is -0.355 e. The van der Waals surface area contributed by atoms with E-state index in [2.05, 4.69) is 15.5 Å². The normalized spacial score (nSPS) is 25.8. The SMILES string of the molecule is CNCC1CCCN(CC(=O)NCC2CC2)C1. The van der Waals surface area contributed by atoms with Crippen LogP contribution in [0.5, 0.6) is 0 Å². The largest absolute Gasteiger partial charge is 0.355 e. The van der Waals surface area contributed by atoms with E-state index in [1.807, 2.05) is 7.05 Å². The van der Waals surface area contributed by atoms with Crippen molar-refractivity contribution in [2.75, 3.05) is 39.8 Å². The molecule has 1 amide bonds. The number of nitrogens with zero attached hydrogens (tertiary/aromatic N) is 1. The second kappa shape index (κ2) is 6.36. The second-order valence-corrected chi connectivity index (χ2v) is 5.55. The number of piperidine rings is 1. The van der Waals surface area contributed by atoms with Crippen molar-refractivity contribution in [1.29, 1.82) is 0 Å². The van der Waals surface area contributed by atoms with Crippen LogP contribution in [0.25, 0.3) is 0 Å². The van der Waals surface area contributed by atoms with Gasteiger partial charge >= 0.3 is 0 Å². The van der Waals surface area contributed by atoms with Gasteiger partial charge in [0.15, 0.2) is 0 Å². The standard InChI is InChI=1S/C13H25N3O/c1-14-7-12-3-2-6-16(9-12)10-13(17)15-8-11-4-5-11/h11-12,14H,2-10H2,1H3,(H,15,17). The van der Waals surface area contributed by atoms with Gasteiger partial charge in [0.1, 0.15) is 0 Å². The van der Waals surface area contributed by atoms with Crippen LogP contribution in [0.4, 0.5) is 0 Å². The van der Waals surface area contributed by atoms with E-state index in [1.54, 1.807) is 0 Å². The number of carbonyl (C=O) groups is 1. The van der Waals surface area contributed by atoms with Crippen molar-refractivity contribution in [1.82, 2.24) is 15.5 Å². The van der Waals surface area contributed by atoms with Gasteiger partial charge in [-0.1, -0.05) is 0 Å². The van der Waals surface area contributed by atoms with E-state index in [0.717, 1.165) is 32.1 Å². The fraction of sp³-hybridized carbons (Fsp3) is 0.923. The topological polar surface area (TPSA) is 44.4 Å². The molecule has 2 N–H and O–H groups in total. The number of hydrogen-bond acceptors (Lipinski definition) is 3. The number of amides is 1. The lowest BCUT2D eigenvalue weighted by atomic mass is 9.98. The van der Waals surface area contributed by atoms with Gasteiger partial charge in [0, 0.05) is 13.1 Å². The molecule has 0 radical (unpaired) electrons. The summed E-state index contributed by atoms with van der Waals surface area (Å²) in [5, 5.41) is 6.27. The van der Waals surface area contributed by atoms with Gasteiger partial charge in [-0.25, -0.2) is 0 Å². The Balaban J connectivity index is 1.64. The molecular weight excluding hydrogens is 214 g/mol. The Labute approximate surface area is 104 Å². The van der Waals surface area contributed by atoms with E-state index in [0.29, 0.717) is 12.5 Å². The predicted octanol–water partition coefficient (Wildman–Crippen LogP) is 0.444. The zero-order chi connectivity index (χ0) is 12.1. The van der Waals surface area contributed by atoms with E-state index in [1.165, 1.54) is 25.7 Å². The van der Waals surface area contributed by atoms with Gasteiger partial charge in [0.2, 0.25) is 5.91 Å². The first-order chi connectivity index (χ1) is 8.28. The fourth-order valence-corrected chi connectivity index (χ4v) is 2.59. The van der Waals surface area contributed by atoms with E-state index < -0.39 is 0 Å². The summed E-state index contributed by atoms with van der Waals surface area (Å²) in [5.74, 6) is 1.70. The van der Waals surface area contributed by atoms with Gasteiger partial charge in [0.05, 0.1) is 6.54 Å². The van der Waals surface area contributed by atoms with Gasteiger partial charge < -0.3 is 10.6 Å². The van der Waals surface area contributed by atoms with Crippen LogP contribution in [0.15, 0.2) is 0 Å². The molecule has 2 aliphatic rings. The Hall–Kier alpha value is -0.610. The molecule has 1 atom stereocenters. The molecule has 4 nitrogen and oxygen atoms in total. The average Bonchev–Trinajstić information content (AvgIpc) is 3.11. The highest BCUT2D eigenvalue weighted by atomic mass is 16.2. The molecule has 2 rings (SSSR count). The number of carbonyl (C=O) groups excluding carboxylic acids is 1. The van der Waals surface area contributed by atoms with Crippen LogP contribution in [-0.2, 0) is 4.79 Å². The summed E-state index contributed by atoms with van der Waals surface area (Å²) in [7, 11) is 2.00. The molecule has 1 saturated heterocycles. The van der Waals surface area contributed by atoms with E-state index in [-0.39, 0.29) is 5.91 Å². The van der Waals surface area contributed by atoms with Crippen molar-refractivity contribution in [3.8, 4) is 0 Å². The number of nitrogens with one attached hydrogen (secondary N) is 2. The molecule has 1 heterocycles. The van der Waals surface area contributed by atoms with E-state index in [4.69, 9.17) is 0 Å². The maximum atomic E-state index is 11.7. The molecular formula is C13H25N3O. The number of hydrogen-bond donors (Lipinski definition) is 2. The van der Waals surface area contributed by atoms with Crippen molar-refractivity contribution in [2.24, 2.45) is 11.8 Å². The highest BCUT2D eigenvalue weighted by molar-refractivity contribution is 5.78.